The van der Waals surface area contributed by atoms with Crippen molar-refractivity contribution in [3.05, 3.63) is 47.8 Å². The molecule has 21 heavy (non-hydrogen) atoms. The van der Waals surface area contributed by atoms with E-state index in [9.17, 15) is 4.79 Å². The molecule has 0 saturated carbocycles. The van der Waals surface area contributed by atoms with Gasteiger partial charge in [-0.15, -0.1) is 0 Å². The van der Waals surface area contributed by atoms with Crippen molar-refractivity contribution >= 4 is 17.4 Å². The standard InChI is InChI=1S/C16H18N4O/c17-16-12(6-5-9-18-16)15(21)13-7-4-8-14(19-13)20-10-2-1-3-11-20/h4-9H,1-3,10-11H2,(H2,17,18). The lowest BCUT2D eigenvalue weighted by atomic mass is 10.1. The lowest BCUT2D eigenvalue weighted by Crippen LogP contribution is -2.30. The van der Waals surface area contributed by atoms with Crippen molar-refractivity contribution in [3.8, 4) is 0 Å². The number of aromatic nitrogens is 2. The lowest BCUT2D eigenvalue weighted by Gasteiger charge is -2.27. The van der Waals surface area contributed by atoms with Gasteiger partial charge in [-0.25, -0.2) is 9.97 Å². The molecule has 2 aromatic heterocycles. The smallest absolute Gasteiger partial charge is 0.215 e. The first kappa shape index (κ1) is 13.5. The maximum atomic E-state index is 12.5. The van der Waals surface area contributed by atoms with Crippen LogP contribution >= 0.6 is 0 Å². The molecule has 0 unspecified atom stereocenters. The Labute approximate surface area is 123 Å². The Bertz CT molecular complexity index is 650. The van der Waals surface area contributed by atoms with Crippen LogP contribution in [0.25, 0.3) is 0 Å². The van der Waals surface area contributed by atoms with Crippen LogP contribution in [0.2, 0.25) is 0 Å². The van der Waals surface area contributed by atoms with Crippen molar-refractivity contribution in [1.29, 1.82) is 0 Å². The van der Waals surface area contributed by atoms with Gasteiger partial charge in [-0.1, -0.05) is 6.07 Å². The van der Waals surface area contributed by atoms with E-state index in [1.54, 1.807) is 24.4 Å². The Morgan fingerprint density at radius 1 is 1.10 bits per heavy atom. The van der Waals surface area contributed by atoms with Gasteiger partial charge >= 0.3 is 0 Å². The summed E-state index contributed by atoms with van der Waals surface area (Å²) in [5, 5.41) is 0. The summed E-state index contributed by atoms with van der Waals surface area (Å²) in [6, 6.07) is 8.94. The minimum absolute atomic E-state index is 0.181. The molecule has 5 heteroatoms. The third-order valence-corrected chi connectivity index (χ3v) is 3.73. The quantitative estimate of drug-likeness (QED) is 0.874. The molecule has 1 fully saturated rings. The van der Waals surface area contributed by atoms with E-state index >= 15 is 0 Å². The van der Waals surface area contributed by atoms with Crippen LogP contribution in [0.1, 0.15) is 35.3 Å². The highest BCUT2D eigenvalue weighted by Crippen LogP contribution is 2.19. The fourth-order valence-corrected chi connectivity index (χ4v) is 2.60. The molecular formula is C16H18N4O. The zero-order valence-electron chi connectivity index (χ0n) is 11.8. The highest BCUT2D eigenvalue weighted by molar-refractivity contribution is 6.10. The van der Waals surface area contributed by atoms with Crippen molar-refractivity contribution in [3.63, 3.8) is 0 Å². The van der Waals surface area contributed by atoms with Crippen molar-refractivity contribution < 1.29 is 4.79 Å². The van der Waals surface area contributed by atoms with Crippen molar-refractivity contribution in [2.45, 2.75) is 19.3 Å². The Hall–Kier alpha value is -2.43. The number of nitrogens with zero attached hydrogens (tertiary/aromatic N) is 3. The van der Waals surface area contributed by atoms with Gasteiger partial charge in [0.2, 0.25) is 5.78 Å². The Morgan fingerprint density at radius 3 is 2.67 bits per heavy atom. The second-order valence-corrected chi connectivity index (χ2v) is 5.19. The maximum absolute atomic E-state index is 12.5. The van der Waals surface area contributed by atoms with Crippen LogP contribution in [0.4, 0.5) is 11.6 Å². The van der Waals surface area contributed by atoms with Crippen LogP contribution in [0.5, 0.6) is 0 Å². The number of carbonyl (C=O) groups is 1. The lowest BCUT2D eigenvalue weighted by molar-refractivity contribution is 0.103. The first-order valence-corrected chi connectivity index (χ1v) is 7.23. The summed E-state index contributed by atoms with van der Waals surface area (Å²) < 4.78 is 0. The number of piperidine rings is 1. The number of rotatable bonds is 3. The molecule has 0 aromatic carbocycles. The summed E-state index contributed by atoms with van der Waals surface area (Å²) in [5.74, 6) is 0.926. The monoisotopic (exact) mass is 282 g/mol. The molecule has 108 valence electrons. The summed E-state index contributed by atoms with van der Waals surface area (Å²) in [7, 11) is 0. The van der Waals surface area contributed by atoms with Crippen molar-refractivity contribution in [1.82, 2.24) is 9.97 Å². The van der Waals surface area contributed by atoms with Crippen LogP contribution in [-0.2, 0) is 0 Å². The van der Waals surface area contributed by atoms with Gasteiger partial charge in [0.15, 0.2) is 0 Å². The van der Waals surface area contributed by atoms with E-state index in [0.29, 0.717) is 11.3 Å². The zero-order valence-corrected chi connectivity index (χ0v) is 11.8. The maximum Gasteiger partial charge on any atom is 0.215 e. The molecule has 2 aromatic rings. The van der Waals surface area contributed by atoms with Crippen LogP contribution < -0.4 is 10.6 Å². The number of carbonyl (C=O) groups excluding carboxylic acids is 1. The number of nitrogens with two attached hydrogens (primary N) is 1. The first-order valence-electron chi connectivity index (χ1n) is 7.23. The van der Waals surface area contributed by atoms with E-state index in [-0.39, 0.29) is 11.6 Å². The number of nitrogen functional groups attached to an aromatic ring is 1. The van der Waals surface area contributed by atoms with E-state index in [1.807, 2.05) is 12.1 Å². The average Bonchev–Trinajstić information content (AvgIpc) is 2.56. The molecule has 5 nitrogen and oxygen atoms in total. The SMILES string of the molecule is Nc1ncccc1C(=O)c1cccc(N2CCCCC2)n1. The Kier molecular flexibility index (Phi) is 3.81. The number of ketones is 1. The molecule has 1 aliphatic rings. The van der Waals surface area contributed by atoms with E-state index in [1.165, 1.54) is 19.3 Å². The summed E-state index contributed by atoms with van der Waals surface area (Å²) in [4.78, 5) is 23.2. The van der Waals surface area contributed by atoms with Crippen LogP contribution in [0.15, 0.2) is 36.5 Å². The van der Waals surface area contributed by atoms with Gasteiger partial charge in [0, 0.05) is 19.3 Å². The van der Waals surface area contributed by atoms with Gasteiger partial charge in [-0.05, 0) is 43.5 Å². The first-order chi connectivity index (χ1) is 10.3. The highest BCUT2D eigenvalue weighted by atomic mass is 16.1. The zero-order chi connectivity index (χ0) is 14.7. The second kappa shape index (κ2) is 5.91. The summed E-state index contributed by atoms with van der Waals surface area (Å²) in [6.45, 7) is 2.00. The van der Waals surface area contributed by atoms with Crippen LogP contribution in [0.3, 0.4) is 0 Å². The number of hydrogen-bond acceptors (Lipinski definition) is 5. The molecular weight excluding hydrogens is 264 g/mol. The van der Waals surface area contributed by atoms with Gasteiger partial charge < -0.3 is 10.6 Å². The molecule has 3 heterocycles. The molecule has 2 N–H and O–H groups in total. The molecule has 3 rings (SSSR count). The second-order valence-electron chi connectivity index (χ2n) is 5.19. The average molecular weight is 282 g/mol. The molecule has 1 saturated heterocycles. The van der Waals surface area contributed by atoms with Crippen LogP contribution in [-0.4, -0.2) is 28.8 Å². The normalized spacial score (nSPS) is 15.0. The van der Waals surface area contributed by atoms with E-state index < -0.39 is 0 Å². The minimum atomic E-state index is -0.181. The minimum Gasteiger partial charge on any atom is -0.383 e. The number of anilines is 2. The van der Waals surface area contributed by atoms with Gasteiger partial charge in [0.05, 0.1) is 5.56 Å². The summed E-state index contributed by atoms with van der Waals surface area (Å²) in [5.41, 5.74) is 6.59. The van der Waals surface area contributed by atoms with Crippen molar-refractivity contribution in [2.75, 3.05) is 23.7 Å². The van der Waals surface area contributed by atoms with E-state index in [2.05, 4.69) is 14.9 Å². The third kappa shape index (κ3) is 2.86. The number of pyridine rings is 2. The van der Waals surface area contributed by atoms with Gasteiger partial charge in [0.1, 0.15) is 17.3 Å². The molecule has 1 aliphatic heterocycles. The van der Waals surface area contributed by atoms with Crippen molar-refractivity contribution in [2.24, 2.45) is 0 Å². The fraction of sp³-hybridized carbons (Fsp3) is 0.312. The molecule has 0 spiro atoms. The predicted molar refractivity (Wildman–Crippen MR) is 82.4 cm³/mol. The van der Waals surface area contributed by atoms with Gasteiger partial charge in [-0.3, -0.25) is 4.79 Å². The highest BCUT2D eigenvalue weighted by Gasteiger charge is 2.17. The topological polar surface area (TPSA) is 72.1 Å². The number of hydrogen-bond donors (Lipinski definition) is 1. The third-order valence-electron chi connectivity index (χ3n) is 3.73. The summed E-state index contributed by atoms with van der Waals surface area (Å²) >= 11 is 0. The van der Waals surface area contributed by atoms with Gasteiger partial charge in [0.25, 0.3) is 0 Å². The Morgan fingerprint density at radius 2 is 1.90 bits per heavy atom. The predicted octanol–water partition coefficient (Wildman–Crippen LogP) is 2.28. The van der Waals surface area contributed by atoms with Gasteiger partial charge in [-0.2, -0.15) is 0 Å². The fourth-order valence-electron chi connectivity index (χ4n) is 2.60. The largest absolute Gasteiger partial charge is 0.383 e. The Balaban J connectivity index is 1.89. The van der Waals surface area contributed by atoms with Crippen LogP contribution in [0, 0.1) is 0 Å². The molecule has 0 radical (unpaired) electrons. The van der Waals surface area contributed by atoms with E-state index in [4.69, 9.17) is 5.73 Å². The molecule has 0 amide bonds. The van der Waals surface area contributed by atoms with E-state index in [0.717, 1.165) is 18.9 Å². The molecule has 0 aliphatic carbocycles. The summed E-state index contributed by atoms with van der Waals surface area (Å²) in [6.07, 6.45) is 5.19. The molecule has 0 bridgehead atoms. The molecule has 0 atom stereocenters.